The van der Waals surface area contributed by atoms with Gasteiger partial charge < -0.3 is 9.73 Å². The van der Waals surface area contributed by atoms with Crippen LogP contribution in [0.3, 0.4) is 0 Å². The van der Waals surface area contributed by atoms with Gasteiger partial charge in [-0.25, -0.2) is 0 Å². The maximum Gasteiger partial charge on any atom is 0.277 e. The second-order valence-corrected chi connectivity index (χ2v) is 7.98. The van der Waals surface area contributed by atoms with Gasteiger partial charge in [-0.3, -0.25) is 4.79 Å². The number of rotatable bonds is 6. The smallest absolute Gasteiger partial charge is 0.277 e. The number of aryl methyl sites for hydroxylation is 2. The van der Waals surface area contributed by atoms with Crippen LogP contribution in [0.15, 0.2) is 82.4 Å². The van der Waals surface area contributed by atoms with Gasteiger partial charge in [0, 0.05) is 22.6 Å². The van der Waals surface area contributed by atoms with E-state index in [1.807, 2.05) is 80.6 Å². The molecule has 0 bridgehead atoms. The predicted octanol–water partition coefficient (Wildman–Crippen LogP) is 5.90. The third-order valence-corrected chi connectivity index (χ3v) is 5.37. The number of nitrogens with zero attached hydrogens (tertiary/aromatic N) is 2. The Hall–Kier alpha value is -3.38. The first-order valence-corrected chi connectivity index (χ1v) is 10.6. The van der Waals surface area contributed by atoms with E-state index in [0.29, 0.717) is 22.4 Å². The van der Waals surface area contributed by atoms with Crippen molar-refractivity contribution in [3.8, 4) is 11.5 Å². The Morgan fingerprint density at radius 3 is 2.33 bits per heavy atom. The number of carbonyl (C=O) groups excluding carboxylic acids is 1. The summed E-state index contributed by atoms with van der Waals surface area (Å²) in [7, 11) is 0. The minimum absolute atomic E-state index is 0.129. The molecule has 0 unspecified atom stereocenters. The van der Waals surface area contributed by atoms with E-state index in [-0.39, 0.29) is 5.91 Å². The van der Waals surface area contributed by atoms with Gasteiger partial charge in [0.15, 0.2) is 0 Å². The first kappa shape index (κ1) is 19.9. The van der Waals surface area contributed by atoms with E-state index in [9.17, 15) is 4.79 Å². The van der Waals surface area contributed by atoms with Crippen LogP contribution in [-0.4, -0.2) is 16.1 Å². The lowest BCUT2D eigenvalue weighted by Crippen LogP contribution is -2.11. The first-order chi connectivity index (χ1) is 14.6. The molecule has 1 N–H and O–H groups in total. The van der Waals surface area contributed by atoms with Crippen LogP contribution in [0.1, 0.15) is 27.0 Å². The maximum absolute atomic E-state index is 12.3. The number of para-hydroxylation sites is 1. The van der Waals surface area contributed by atoms with Gasteiger partial charge >= 0.3 is 0 Å². The molecule has 4 aromatic rings. The lowest BCUT2D eigenvalue weighted by molar-refractivity contribution is 0.102. The number of aromatic nitrogens is 2. The Morgan fingerprint density at radius 1 is 0.933 bits per heavy atom. The van der Waals surface area contributed by atoms with Crippen molar-refractivity contribution >= 4 is 23.4 Å². The molecule has 0 radical (unpaired) electrons. The number of amides is 1. The fourth-order valence-electron chi connectivity index (χ4n) is 3.11. The topological polar surface area (TPSA) is 68.0 Å². The largest absolute Gasteiger partial charge is 0.411 e. The van der Waals surface area contributed by atoms with E-state index >= 15 is 0 Å². The second-order valence-electron chi connectivity index (χ2n) is 7.06. The van der Waals surface area contributed by atoms with E-state index in [4.69, 9.17) is 4.42 Å². The van der Waals surface area contributed by atoms with Crippen molar-refractivity contribution in [2.75, 3.05) is 5.32 Å². The number of benzene rings is 3. The summed E-state index contributed by atoms with van der Waals surface area (Å²) in [6, 6.07) is 23.1. The fraction of sp³-hybridized carbons (Fsp3) is 0.125. The van der Waals surface area contributed by atoms with Crippen LogP contribution in [0.5, 0.6) is 0 Å². The highest BCUT2D eigenvalue weighted by Gasteiger charge is 2.11. The van der Waals surface area contributed by atoms with Crippen LogP contribution in [0.25, 0.3) is 11.5 Å². The highest BCUT2D eigenvalue weighted by Crippen LogP contribution is 2.27. The molecule has 0 aliphatic heterocycles. The molecular formula is C24H21N3O2S. The average Bonchev–Trinajstić information content (AvgIpc) is 3.22. The molecule has 1 heterocycles. The normalized spacial score (nSPS) is 10.7. The Bertz CT molecular complexity index is 1130. The zero-order valence-electron chi connectivity index (χ0n) is 16.8. The minimum Gasteiger partial charge on any atom is -0.411 e. The van der Waals surface area contributed by atoms with Crippen LogP contribution in [0, 0.1) is 13.8 Å². The molecule has 0 fully saturated rings. The van der Waals surface area contributed by atoms with Crippen LogP contribution in [0.4, 0.5) is 5.69 Å². The van der Waals surface area contributed by atoms with Gasteiger partial charge in [0.05, 0.1) is 0 Å². The van der Waals surface area contributed by atoms with E-state index < -0.39 is 0 Å². The van der Waals surface area contributed by atoms with Crippen molar-refractivity contribution in [1.82, 2.24) is 10.2 Å². The molecule has 0 atom stereocenters. The van der Waals surface area contributed by atoms with Crippen LogP contribution >= 0.6 is 11.8 Å². The summed E-state index contributed by atoms with van der Waals surface area (Å²) in [5.74, 6) is 1.07. The molecule has 5 nitrogen and oxygen atoms in total. The van der Waals surface area contributed by atoms with E-state index in [0.717, 1.165) is 27.9 Å². The highest BCUT2D eigenvalue weighted by atomic mass is 32.2. The summed E-state index contributed by atoms with van der Waals surface area (Å²) < 4.78 is 5.81. The molecule has 1 amide bonds. The molecule has 0 spiro atoms. The first-order valence-electron chi connectivity index (χ1n) is 9.57. The lowest BCUT2D eigenvalue weighted by atomic mass is 10.1. The Balaban J connectivity index is 1.36. The molecule has 0 aliphatic rings. The Labute approximate surface area is 179 Å². The Morgan fingerprint density at radius 2 is 1.63 bits per heavy atom. The van der Waals surface area contributed by atoms with Gasteiger partial charge in [0.25, 0.3) is 11.1 Å². The van der Waals surface area contributed by atoms with Gasteiger partial charge in [0.2, 0.25) is 5.89 Å². The van der Waals surface area contributed by atoms with Crippen LogP contribution < -0.4 is 5.32 Å². The summed E-state index contributed by atoms with van der Waals surface area (Å²) in [6.45, 7) is 4.10. The standard InChI is InChI=1S/C24H21N3O2S/c1-16-12-17(2)14-20(13-16)23-26-27-24(29-23)30-15-18-8-10-19(11-9-18)22(28)25-21-6-4-3-5-7-21/h3-14H,15H2,1-2H3,(H,25,28). The zero-order chi connectivity index (χ0) is 20.9. The zero-order valence-corrected chi connectivity index (χ0v) is 17.6. The lowest BCUT2D eigenvalue weighted by Gasteiger charge is -2.06. The van der Waals surface area contributed by atoms with E-state index in [1.165, 1.54) is 11.8 Å². The molecule has 0 saturated carbocycles. The second kappa shape index (κ2) is 8.97. The number of carbonyl (C=O) groups is 1. The number of anilines is 1. The molecule has 150 valence electrons. The summed E-state index contributed by atoms with van der Waals surface area (Å²) in [5.41, 5.74) is 5.71. The SMILES string of the molecule is Cc1cc(C)cc(-c2nnc(SCc3ccc(C(=O)Nc4ccccc4)cc3)o2)c1. The molecule has 6 heteroatoms. The third kappa shape index (κ3) is 4.96. The van der Waals surface area contributed by atoms with Crippen molar-refractivity contribution in [3.05, 3.63) is 95.1 Å². The van der Waals surface area contributed by atoms with E-state index in [1.54, 1.807) is 0 Å². The fourth-order valence-corrected chi connectivity index (χ4v) is 3.82. The highest BCUT2D eigenvalue weighted by molar-refractivity contribution is 7.98. The maximum atomic E-state index is 12.3. The van der Waals surface area contributed by atoms with Crippen molar-refractivity contribution < 1.29 is 9.21 Å². The molecule has 0 aliphatic carbocycles. The average molecular weight is 416 g/mol. The quantitative estimate of drug-likeness (QED) is 0.397. The van der Waals surface area contributed by atoms with Crippen molar-refractivity contribution in [3.63, 3.8) is 0 Å². The summed E-state index contributed by atoms with van der Waals surface area (Å²) in [5, 5.41) is 11.7. The number of thioether (sulfide) groups is 1. The monoisotopic (exact) mass is 415 g/mol. The molecule has 1 aromatic heterocycles. The van der Waals surface area contributed by atoms with Crippen LogP contribution in [-0.2, 0) is 5.75 Å². The van der Waals surface area contributed by atoms with Crippen molar-refractivity contribution in [1.29, 1.82) is 0 Å². The van der Waals surface area contributed by atoms with Gasteiger partial charge in [-0.15, -0.1) is 10.2 Å². The third-order valence-electron chi connectivity index (χ3n) is 4.49. The van der Waals surface area contributed by atoms with Crippen molar-refractivity contribution in [2.45, 2.75) is 24.8 Å². The summed E-state index contributed by atoms with van der Waals surface area (Å²) >= 11 is 1.47. The molecule has 4 rings (SSSR count). The van der Waals surface area contributed by atoms with Gasteiger partial charge in [-0.2, -0.15) is 0 Å². The molecule has 3 aromatic carbocycles. The number of hydrogen-bond donors (Lipinski definition) is 1. The van der Waals surface area contributed by atoms with Gasteiger partial charge in [-0.1, -0.05) is 59.3 Å². The number of nitrogens with one attached hydrogen (secondary N) is 1. The minimum atomic E-state index is -0.129. The Kier molecular flexibility index (Phi) is 5.95. The van der Waals surface area contributed by atoms with Crippen molar-refractivity contribution in [2.24, 2.45) is 0 Å². The summed E-state index contributed by atoms with van der Waals surface area (Å²) in [6.07, 6.45) is 0. The van der Waals surface area contributed by atoms with E-state index in [2.05, 4.69) is 21.6 Å². The summed E-state index contributed by atoms with van der Waals surface area (Å²) in [4.78, 5) is 12.3. The predicted molar refractivity (Wildman–Crippen MR) is 120 cm³/mol. The van der Waals surface area contributed by atoms with Gasteiger partial charge in [0.1, 0.15) is 0 Å². The number of hydrogen-bond acceptors (Lipinski definition) is 5. The van der Waals surface area contributed by atoms with Crippen LogP contribution in [0.2, 0.25) is 0 Å². The molecular weight excluding hydrogens is 394 g/mol. The molecule has 0 saturated heterocycles. The molecule has 30 heavy (non-hydrogen) atoms. The van der Waals surface area contributed by atoms with Gasteiger partial charge in [-0.05, 0) is 55.8 Å².